The van der Waals surface area contributed by atoms with E-state index in [2.05, 4.69) is 23.7 Å². The summed E-state index contributed by atoms with van der Waals surface area (Å²) in [5.74, 6) is 10.4. The quantitative estimate of drug-likeness (QED) is 0.513. The maximum atomic E-state index is 8.32. The molecule has 0 aromatic heterocycles. The lowest BCUT2D eigenvalue weighted by molar-refractivity contribution is 0.305. The van der Waals surface area contributed by atoms with Crippen LogP contribution in [0, 0.1) is 23.7 Å². The largest absolute Gasteiger partial charge is 0.395 e. The van der Waals surface area contributed by atoms with E-state index < -0.39 is 0 Å². The van der Waals surface area contributed by atoms with E-state index >= 15 is 0 Å². The smallest absolute Gasteiger partial charge is 0.104 e. The molecule has 0 spiro atoms. The zero-order valence-electron chi connectivity index (χ0n) is 6.17. The molecule has 0 aromatic rings. The maximum Gasteiger partial charge on any atom is 0.104 e. The lowest BCUT2D eigenvalue weighted by Gasteiger charge is -1.74. The van der Waals surface area contributed by atoms with Gasteiger partial charge in [-0.3, -0.25) is 0 Å². The summed E-state index contributed by atoms with van der Waals surface area (Å²) >= 11 is 0. The Hall–Kier alpha value is -1.22. The van der Waals surface area contributed by atoms with Gasteiger partial charge in [0, 0.05) is 6.42 Å². The third-order valence-electron chi connectivity index (χ3n) is 0.770. The van der Waals surface area contributed by atoms with E-state index in [4.69, 9.17) is 10.2 Å². The number of rotatable bonds is 1. The third-order valence-corrected chi connectivity index (χ3v) is 0.770. The van der Waals surface area contributed by atoms with Gasteiger partial charge in [0.05, 0.1) is 6.61 Å². The molecule has 11 heavy (non-hydrogen) atoms. The Kier molecular flexibility index (Phi) is 7.81. The molecular weight excluding hydrogens is 140 g/mol. The number of hydrogen-bond donors (Lipinski definition) is 2. The first-order chi connectivity index (χ1) is 5.41. The van der Waals surface area contributed by atoms with Crippen LogP contribution in [0.2, 0.25) is 0 Å². The number of allylic oxidation sites excluding steroid dienone is 2. The first kappa shape index (κ1) is 9.78. The fourth-order valence-corrected chi connectivity index (χ4v) is 0.375. The van der Waals surface area contributed by atoms with E-state index in [1.807, 2.05) is 0 Å². The Balaban J connectivity index is 3.53. The van der Waals surface area contributed by atoms with Gasteiger partial charge in [-0.05, 0) is 12.2 Å². The van der Waals surface area contributed by atoms with Crippen LogP contribution in [0.1, 0.15) is 6.42 Å². The predicted molar refractivity (Wildman–Crippen MR) is 43.5 cm³/mol. The molecule has 0 aliphatic heterocycles. The molecule has 0 radical (unpaired) electrons. The minimum absolute atomic E-state index is 0.0865. The van der Waals surface area contributed by atoms with Gasteiger partial charge in [0.25, 0.3) is 0 Å². The van der Waals surface area contributed by atoms with Gasteiger partial charge in [-0.15, -0.1) is 0 Å². The molecule has 2 N–H and O–H groups in total. The molecule has 0 unspecified atom stereocenters. The van der Waals surface area contributed by atoms with Crippen molar-refractivity contribution in [1.82, 2.24) is 0 Å². The maximum absolute atomic E-state index is 8.32. The lowest BCUT2D eigenvalue weighted by atomic mass is 10.4. The Labute approximate surface area is 66.6 Å². The molecule has 0 aliphatic rings. The highest BCUT2D eigenvalue weighted by Gasteiger charge is 1.67. The summed E-state index contributed by atoms with van der Waals surface area (Å²) in [6, 6.07) is 0. The normalized spacial score (nSPS) is 8.18. The van der Waals surface area contributed by atoms with Gasteiger partial charge < -0.3 is 10.2 Å². The summed E-state index contributed by atoms with van der Waals surface area (Å²) in [4.78, 5) is 0. The van der Waals surface area contributed by atoms with Crippen LogP contribution in [0.5, 0.6) is 0 Å². The van der Waals surface area contributed by atoms with Gasteiger partial charge >= 0.3 is 0 Å². The van der Waals surface area contributed by atoms with Crippen LogP contribution >= 0.6 is 0 Å². The second kappa shape index (κ2) is 8.78. The van der Waals surface area contributed by atoms with Crippen molar-refractivity contribution in [2.45, 2.75) is 6.42 Å². The Bertz CT molecular complexity index is 219. The van der Waals surface area contributed by atoms with Gasteiger partial charge in [0.1, 0.15) is 6.61 Å². The zero-order valence-corrected chi connectivity index (χ0v) is 6.17. The van der Waals surface area contributed by atoms with Crippen molar-refractivity contribution in [2.75, 3.05) is 13.2 Å². The molecule has 0 aromatic carbocycles. The monoisotopic (exact) mass is 150 g/mol. The molecule has 0 amide bonds. The highest BCUT2D eigenvalue weighted by molar-refractivity contribution is 5.24. The van der Waals surface area contributed by atoms with E-state index in [1.165, 1.54) is 0 Å². The van der Waals surface area contributed by atoms with Crippen molar-refractivity contribution in [2.24, 2.45) is 0 Å². The van der Waals surface area contributed by atoms with E-state index in [9.17, 15) is 0 Å². The van der Waals surface area contributed by atoms with E-state index in [-0.39, 0.29) is 13.2 Å². The number of hydrogen-bond acceptors (Lipinski definition) is 2. The number of aliphatic hydroxyl groups excluding tert-OH is 2. The van der Waals surface area contributed by atoms with Crippen LogP contribution in [0.4, 0.5) is 0 Å². The molecule has 0 bridgehead atoms. The van der Waals surface area contributed by atoms with Crippen molar-refractivity contribution in [1.29, 1.82) is 0 Å². The SMILES string of the molecule is OCC#C/C=C\C#CCCO. The summed E-state index contributed by atoms with van der Waals surface area (Å²) in [6.45, 7) is -0.0441. The molecule has 0 atom stereocenters. The summed E-state index contributed by atoms with van der Waals surface area (Å²) in [5.41, 5.74) is 0. The van der Waals surface area contributed by atoms with Crippen LogP contribution in [0.3, 0.4) is 0 Å². The van der Waals surface area contributed by atoms with Crippen molar-refractivity contribution < 1.29 is 10.2 Å². The molecule has 0 aliphatic carbocycles. The highest BCUT2D eigenvalue weighted by atomic mass is 16.3. The fourth-order valence-electron chi connectivity index (χ4n) is 0.375. The van der Waals surface area contributed by atoms with Crippen LogP contribution < -0.4 is 0 Å². The Morgan fingerprint density at radius 2 is 1.64 bits per heavy atom. The molecule has 0 saturated carbocycles. The average molecular weight is 150 g/mol. The van der Waals surface area contributed by atoms with E-state index in [1.54, 1.807) is 12.2 Å². The fraction of sp³-hybridized carbons (Fsp3) is 0.333. The number of aliphatic hydroxyl groups is 2. The van der Waals surface area contributed by atoms with E-state index in [0.717, 1.165) is 0 Å². The third kappa shape index (κ3) is 8.78. The van der Waals surface area contributed by atoms with Crippen molar-refractivity contribution in [3.63, 3.8) is 0 Å². The molecule has 0 heterocycles. The predicted octanol–water partition coefficient (Wildman–Crippen LogP) is -0.0759. The van der Waals surface area contributed by atoms with Crippen LogP contribution in [-0.4, -0.2) is 23.4 Å². The molecule has 2 nitrogen and oxygen atoms in total. The van der Waals surface area contributed by atoms with E-state index in [0.29, 0.717) is 6.42 Å². The molecule has 0 saturated heterocycles. The van der Waals surface area contributed by atoms with Crippen LogP contribution in [0.15, 0.2) is 12.2 Å². The second-order valence-electron chi connectivity index (χ2n) is 1.61. The zero-order chi connectivity index (χ0) is 8.36. The molecule has 2 heteroatoms. The average Bonchev–Trinajstić information content (AvgIpc) is 2.03. The molecule has 0 rings (SSSR count). The van der Waals surface area contributed by atoms with Gasteiger partial charge in [-0.25, -0.2) is 0 Å². The van der Waals surface area contributed by atoms with Gasteiger partial charge in [0.15, 0.2) is 0 Å². The summed E-state index contributed by atoms with van der Waals surface area (Å²) in [5, 5.41) is 16.5. The van der Waals surface area contributed by atoms with Crippen LogP contribution in [0.25, 0.3) is 0 Å². The van der Waals surface area contributed by atoms with Crippen molar-refractivity contribution in [3.8, 4) is 23.7 Å². The minimum atomic E-state index is -0.131. The van der Waals surface area contributed by atoms with Gasteiger partial charge in [-0.2, -0.15) is 0 Å². The molecular formula is C9H10O2. The second-order valence-corrected chi connectivity index (χ2v) is 1.61. The van der Waals surface area contributed by atoms with Gasteiger partial charge in [0.2, 0.25) is 0 Å². The summed E-state index contributed by atoms with van der Waals surface area (Å²) in [7, 11) is 0. The first-order valence-electron chi connectivity index (χ1n) is 3.25. The summed E-state index contributed by atoms with van der Waals surface area (Å²) < 4.78 is 0. The topological polar surface area (TPSA) is 40.5 Å². The molecule has 58 valence electrons. The van der Waals surface area contributed by atoms with Crippen molar-refractivity contribution in [3.05, 3.63) is 12.2 Å². The Morgan fingerprint density at radius 3 is 2.18 bits per heavy atom. The van der Waals surface area contributed by atoms with Crippen LogP contribution in [-0.2, 0) is 0 Å². The van der Waals surface area contributed by atoms with Crippen molar-refractivity contribution >= 4 is 0 Å². The first-order valence-corrected chi connectivity index (χ1v) is 3.25. The Morgan fingerprint density at radius 1 is 1.00 bits per heavy atom. The lowest BCUT2D eigenvalue weighted by Crippen LogP contribution is -1.74. The minimum Gasteiger partial charge on any atom is -0.395 e. The standard InChI is InChI=1S/C9H10O2/c10-8-6-4-2-1-3-5-7-9-11/h1-2,10-11H,7-9H2/b2-1-. The molecule has 0 fully saturated rings. The highest BCUT2D eigenvalue weighted by Crippen LogP contribution is 1.71. The van der Waals surface area contributed by atoms with Gasteiger partial charge in [-0.1, -0.05) is 23.7 Å². The summed E-state index contributed by atoms with van der Waals surface area (Å²) in [6.07, 6.45) is 3.62.